The molecule has 3 N–H and O–H groups in total. The van der Waals surface area contributed by atoms with E-state index in [1.165, 1.54) is 4.90 Å². The van der Waals surface area contributed by atoms with Crippen molar-refractivity contribution in [3.63, 3.8) is 0 Å². The van der Waals surface area contributed by atoms with Crippen molar-refractivity contribution in [1.82, 2.24) is 4.90 Å². The van der Waals surface area contributed by atoms with Gasteiger partial charge >= 0.3 is 0 Å². The fraction of sp³-hybridized carbons (Fsp3) is 0.571. The zero-order valence-electron chi connectivity index (χ0n) is 6.47. The Hall–Kier alpha value is -1.07. The highest BCUT2D eigenvalue weighted by molar-refractivity contribution is 5.90. The van der Waals surface area contributed by atoms with Gasteiger partial charge in [0, 0.05) is 12.6 Å². The maximum absolute atomic E-state index is 10.9. The molecule has 5 heteroatoms. The lowest BCUT2D eigenvalue weighted by molar-refractivity contribution is -0.126. The van der Waals surface area contributed by atoms with Crippen LogP contribution >= 0.6 is 0 Å². The first kappa shape index (κ1) is 9.02. The van der Waals surface area contributed by atoms with E-state index in [-0.39, 0.29) is 31.4 Å². The molecule has 1 aliphatic rings. The van der Waals surface area contributed by atoms with Crippen molar-refractivity contribution in [2.75, 3.05) is 19.7 Å². The van der Waals surface area contributed by atoms with Crippen LogP contribution in [0.25, 0.3) is 0 Å². The van der Waals surface area contributed by atoms with Gasteiger partial charge in [-0.15, -0.1) is 0 Å². The predicted octanol–water partition coefficient (Wildman–Crippen LogP) is -1.38. The van der Waals surface area contributed by atoms with E-state index >= 15 is 0 Å². The minimum atomic E-state index is -0.937. The number of β-amino-alcohol motifs (C(OH)–C–C–N with tert-alkyl or cyclic N) is 1. The van der Waals surface area contributed by atoms with Gasteiger partial charge < -0.3 is 20.2 Å². The second kappa shape index (κ2) is 3.55. The number of amides is 1. The summed E-state index contributed by atoms with van der Waals surface area (Å²) in [6.45, 7) is -0.212. The smallest absolute Gasteiger partial charge is 0.250 e. The number of nitrogens with zero attached hydrogens (tertiary/aromatic N) is 1. The highest BCUT2D eigenvalue weighted by Crippen LogP contribution is 2.07. The molecular weight excluding hydrogens is 162 g/mol. The summed E-state index contributed by atoms with van der Waals surface area (Å²) in [6, 6.07) is 0. The third-order valence-electron chi connectivity index (χ3n) is 1.60. The Bertz CT molecular complexity index is 213. The van der Waals surface area contributed by atoms with Gasteiger partial charge in [0.25, 0.3) is 0 Å². The number of carbonyl (C=O) groups excluding carboxylic acids is 1. The first-order chi connectivity index (χ1) is 5.63. The minimum absolute atomic E-state index is 0.00913. The van der Waals surface area contributed by atoms with E-state index in [9.17, 15) is 4.79 Å². The van der Waals surface area contributed by atoms with Crippen LogP contribution < -0.4 is 0 Å². The van der Waals surface area contributed by atoms with Crippen LogP contribution in [-0.4, -0.2) is 51.9 Å². The van der Waals surface area contributed by atoms with Crippen LogP contribution in [-0.2, 0) is 4.79 Å². The Balaban J connectivity index is 2.42. The molecular formula is C7H11NO4. The second-order valence-corrected chi connectivity index (χ2v) is 2.69. The maximum Gasteiger partial charge on any atom is 0.250 e. The number of carbonyl (C=O) groups is 1. The number of hydrogen-bond acceptors (Lipinski definition) is 4. The topological polar surface area (TPSA) is 81.0 Å². The summed E-state index contributed by atoms with van der Waals surface area (Å²) in [6.07, 6.45) is 0.164. The van der Waals surface area contributed by atoms with E-state index in [1.54, 1.807) is 0 Å². The van der Waals surface area contributed by atoms with Crippen LogP contribution in [0.3, 0.4) is 0 Å². The van der Waals surface area contributed by atoms with Gasteiger partial charge in [0.15, 0.2) is 0 Å². The van der Waals surface area contributed by atoms with Crippen molar-refractivity contribution in [2.45, 2.75) is 6.10 Å². The van der Waals surface area contributed by atoms with Gasteiger partial charge in [0.05, 0.1) is 19.3 Å². The van der Waals surface area contributed by atoms with E-state index in [1.807, 2.05) is 0 Å². The number of aliphatic hydroxyl groups is 3. The Kier molecular flexibility index (Phi) is 2.67. The molecule has 68 valence electrons. The minimum Gasteiger partial charge on any atom is -0.510 e. The average molecular weight is 173 g/mol. The SMILES string of the molecule is O=C1C=C(O)CN1CC(O)CO. The van der Waals surface area contributed by atoms with Gasteiger partial charge in [-0.2, -0.15) is 0 Å². The summed E-state index contributed by atoms with van der Waals surface area (Å²) >= 11 is 0. The fourth-order valence-corrected chi connectivity index (χ4v) is 1.02. The Morgan fingerprint density at radius 1 is 1.67 bits per heavy atom. The first-order valence-electron chi connectivity index (χ1n) is 3.61. The second-order valence-electron chi connectivity index (χ2n) is 2.69. The summed E-state index contributed by atoms with van der Waals surface area (Å²) in [4.78, 5) is 12.2. The third kappa shape index (κ3) is 1.96. The lowest BCUT2D eigenvalue weighted by Crippen LogP contribution is -2.35. The molecule has 0 bridgehead atoms. The lowest BCUT2D eigenvalue weighted by atomic mass is 10.3. The lowest BCUT2D eigenvalue weighted by Gasteiger charge is -2.17. The molecule has 0 aromatic rings. The molecule has 0 fully saturated rings. The molecule has 0 radical (unpaired) electrons. The van der Waals surface area contributed by atoms with Crippen LogP contribution in [0.4, 0.5) is 0 Å². The molecule has 0 saturated heterocycles. The molecule has 1 rings (SSSR count). The van der Waals surface area contributed by atoms with Crippen LogP contribution in [0.2, 0.25) is 0 Å². The van der Waals surface area contributed by atoms with Crippen molar-refractivity contribution < 1.29 is 20.1 Å². The van der Waals surface area contributed by atoms with E-state index in [4.69, 9.17) is 15.3 Å². The average Bonchev–Trinajstić information content (AvgIpc) is 2.30. The molecule has 1 atom stereocenters. The highest BCUT2D eigenvalue weighted by atomic mass is 16.3. The highest BCUT2D eigenvalue weighted by Gasteiger charge is 2.22. The molecule has 1 amide bonds. The first-order valence-corrected chi connectivity index (χ1v) is 3.61. The van der Waals surface area contributed by atoms with E-state index in [0.29, 0.717) is 0 Å². The maximum atomic E-state index is 10.9. The fourth-order valence-electron chi connectivity index (χ4n) is 1.02. The predicted molar refractivity (Wildman–Crippen MR) is 40.4 cm³/mol. The summed E-state index contributed by atoms with van der Waals surface area (Å²) in [5.74, 6) is -0.342. The van der Waals surface area contributed by atoms with Crippen molar-refractivity contribution in [3.05, 3.63) is 11.8 Å². The van der Waals surface area contributed by atoms with Crippen LogP contribution in [0.5, 0.6) is 0 Å². The zero-order chi connectivity index (χ0) is 9.14. The molecule has 12 heavy (non-hydrogen) atoms. The van der Waals surface area contributed by atoms with Crippen molar-refractivity contribution >= 4 is 5.91 Å². The zero-order valence-corrected chi connectivity index (χ0v) is 6.47. The molecule has 1 aliphatic heterocycles. The van der Waals surface area contributed by atoms with Crippen molar-refractivity contribution in [1.29, 1.82) is 0 Å². The van der Waals surface area contributed by atoms with Crippen molar-refractivity contribution in [2.24, 2.45) is 0 Å². The third-order valence-corrected chi connectivity index (χ3v) is 1.60. The number of rotatable bonds is 3. The van der Waals surface area contributed by atoms with Gasteiger partial charge in [0.2, 0.25) is 5.91 Å². The van der Waals surface area contributed by atoms with E-state index in [0.717, 1.165) is 6.08 Å². The molecule has 0 spiro atoms. The largest absolute Gasteiger partial charge is 0.510 e. The summed E-state index contributed by atoms with van der Waals surface area (Å²) in [5, 5.41) is 26.4. The molecule has 0 aromatic carbocycles. The summed E-state index contributed by atoms with van der Waals surface area (Å²) < 4.78 is 0. The normalized spacial score (nSPS) is 19.7. The standard InChI is InChI=1S/C7H11NO4/c9-4-6(11)3-8-2-5(10)1-7(8)12/h1,6,9-11H,2-4H2. The number of hydrogen-bond donors (Lipinski definition) is 3. The Labute approximate surface area is 69.5 Å². The number of aliphatic hydroxyl groups excluding tert-OH is 3. The molecule has 0 saturated carbocycles. The molecule has 1 unspecified atom stereocenters. The Morgan fingerprint density at radius 3 is 2.75 bits per heavy atom. The summed E-state index contributed by atoms with van der Waals surface area (Å²) in [7, 11) is 0. The molecule has 5 nitrogen and oxygen atoms in total. The quantitative estimate of drug-likeness (QED) is 0.491. The van der Waals surface area contributed by atoms with Gasteiger partial charge in [-0.05, 0) is 0 Å². The van der Waals surface area contributed by atoms with Crippen LogP contribution in [0.15, 0.2) is 11.8 Å². The van der Waals surface area contributed by atoms with Gasteiger partial charge in [-0.25, -0.2) is 0 Å². The van der Waals surface area contributed by atoms with Crippen LogP contribution in [0.1, 0.15) is 0 Å². The summed E-state index contributed by atoms with van der Waals surface area (Å²) in [5.41, 5.74) is 0. The van der Waals surface area contributed by atoms with E-state index < -0.39 is 6.10 Å². The van der Waals surface area contributed by atoms with Gasteiger partial charge in [-0.1, -0.05) is 0 Å². The van der Waals surface area contributed by atoms with E-state index in [2.05, 4.69) is 0 Å². The van der Waals surface area contributed by atoms with Gasteiger partial charge in [0.1, 0.15) is 5.76 Å². The Morgan fingerprint density at radius 2 is 2.33 bits per heavy atom. The molecule has 0 aliphatic carbocycles. The van der Waals surface area contributed by atoms with Crippen LogP contribution in [0, 0.1) is 0 Å². The molecule has 0 aromatic heterocycles. The van der Waals surface area contributed by atoms with Crippen molar-refractivity contribution in [3.8, 4) is 0 Å². The monoisotopic (exact) mass is 173 g/mol. The van der Waals surface area contributed by atoms with Gasteiger partial charge in [-0.3, -0.25) is 4.79 Å². The molecule has 1 heterocycles.